The summed E-state index contributed by atoms with van der Waals surface area (Å²) in [6, 6.07) is 16.6. The van der Waals surface area contributed by atoms with E-state index in [1.807, 2.05) is 4.90 Å². The first-order valence-electron chi connectivity index (χ1n) is 9.59. The van der Waals surface area contributed by atoms with Crippen LogP contribution < -0.4 is 0 Å². The van der Waals surface area contributed by atoms with E-state index in [-0.39, 0.29) is 11.9 Å². The van der Waals surface area contributed by atoms with E-state index in [1.54, 1.807) is 11.8 Å². The Hall–Kier alpha value is -1.63. The Kier molecular flexibility index (Phi) is 5.26. The second-order valence-corrected chi connectivity index (χ2v) is 10.1. The number of rotatable bonds is 2. The lowest BCUT2D eigenvalue weighted by atomic mass is 9.83. The lowest BCUT2D eigenvalue weighted by Gasteiger charge is -2.37. The van der Waals surface area contributed by atoms with Gasteiger partial charge in [-0.2, -0.15) is 0 Å². The number of amides is 1. The molecule has 3 aliphatic rings. The first-order valence-corrected chi connectivity index (χ1v) is 12.2. The fourth-order valence-electron chi connectivity index (χ4n) is 4.18. The number of amidine groups is 1. The SMILES string of the molecule is O=C1CSC2=NC3=C(CCC/C3=C/c3ccc(Br)cc3)[C@H](c3ccc(Br)cc3)N12. The summed E-state index contributed by atoms with van der Waals surface area (Å²) >= 11 is 8.58. The zero-order valence-electron chi connectivity index (χ0n) is 15.6. The van der Waals surface area contributed by atoms with Crippen molar-refractivity contribution in [2.75, 3.05) is 5.75 Å². The molecule has 2 aromatic rings. The summed E-state index contributed by atoms with van der Waals surface area (Å²) in [5.74, 6) is 0.621. The van der Waals surface area contributed by atoms with Crippen LogP contribution in [0.25, 0.3) is 6.08 Å². The van der Waals surface area contributed by atoms with E-state index in [9.17, 15) is 4.79 Å². The summed E-state index contributed by atoms with van der Waals surface area (Å²) in [7, 11) is 0. The zero-order chi connectivity index (χ0) is 20.0. The molecule has 0 N–H and O–H groups in total. The van der Waals surface area contributed by atoms with Crippen molar-refractivity contribution in [2.24, 2.45) is 4.99 Å². The Bertz CT molecular complexity index is 1070. The molecule has 0 radical (unpaired) electrons. The van der Waals surface area contributed by atoms with Crippen molar-refractivity contribution in [3.8, 4) is 0 Å². The fraction of sp³-hybridized carbons (Fsp3) is 0.217. The number of halogens is 2. The molecule has 0 aromatic heterocycles. The third kappa shape index (κ3) is 3.66. The van der Waals surface area contributed by atoms with Crippen molar-refractivity contribution in [1.29, 1.82) is 0 Å². The van der Waals surface area contributed by atoms with E-state index in [2.05, 4.69) is 86.5 Å². The van der Waals surface area contributed by atoms with Crippen LogP contribution in [-0.4, -0.2) is 21.7 Å². The van der Waals surface area contributed by atoms with Crippen LogP contribution >= 0.6 is 43.6 Å². The monoisotopic (exact) mass is 528 g/mol. The first-order chi connectivity index (χ1) is 14.1. The van der Waals surface area contributed by atoms with Crippen LogP contribution in [0.1, 0.15) is 36.4 Å². The first kappa shape index (κ1) is 19.3. The normalized spacial score (nSPS) is 22.6. The number of thioether (sulfide) groups is 1. The summed E-state index contributed by atoms with van der Waals surface area (Å²) in [6.45, 7) is 0. The maximum Gasteiger partial charge on any atom is 0.239 e. The maximum atomic E-state index is 12.7. The minimum atomic E-state index is -0.0540. The van der Waals surface area contributed by atoms with Crippen LogP contribution in [0.4, 0.5) is 0 Å². The van der Waals surface area contributed by atoms with E-state index >= 15 is 0 Å². The van der Waals surface area contributed by atoms with Crippen LogP contribution in [0.15, 0.2) is 79.3 Å². The number of carbonyl (C=O) groups is 1. The van der Waals surface area contributed by atoms with Crippen molar-refractivity contribution in [3.63, 3.8) is 0 Å². The average molecular weight is 530 g/mol. The van der Waals surface area contributed by atoms with Crippen molar-refractivity contribution >= 4 is 60.8 Å². The largest absolute Gasteiger partial charge is 0.279 e. The molecule has 5 rings (SSSR count). The van der Waals surface area contributed by atoms with Gasteiger partial charge in [-0.05, 0) is 71.9 Å². The molecule has 6 heteroatoms. The Morgan fingerprint density at radius 1 is 1.00 bits per heavy atom. The highest BCUT2D eigenvalue weighted by molar-refractivity contribution is 9.10. The molecule has 1 amide bonds. The van der Waals surface area contributed by atoms with E-state index in [0.717, 1.165) is 44.6 Å². The Labute approximate surface area is 191 Å². The van der Waals surface area contributed by atoms with Gasteiger partial charge in [0.25, 0.3) is 0 Å². The van der Waals surface area contributed by atoms with Gasteiger partial charge in [0.1, 0.15) is 0 Å². The average Bonchev–Trinajstić information content (AvgIpc) is 3.10. The van der Waals surface area contributed by atoms with Gasteiger partial charge >= 0.3 is 0 Å². The van der Waals surface area contributed by atoms with Gasteiger partial charge in [0.2, 0.25) is 5.91 Å². The van der Waals surface area contributed by atoms with Crippen LogP contribution in [0.2, 0.25) is 0 Å². The number of hydrogen-bond acceptors (Lipinski definition) is 3. The minimum absolute atomic E-state index is 0.0540. The van der Waals surface area contributed by atoms with Gasteiger partial charge in [-0.25, -0.2) is 4.99 Å². The summed E-state index contributed by atoms with van der Waals surface area (Å²) < 4.78 is 2.12. The second-order valence-electron chi connectivity index (χ2n) is 7.35. The second kappa shape index (κ2) is 7.89. The smallest absolute Gasteiger partial charge is 0.239 e. The van der Waals surface area contributed by atoms with Crippen molar-refractivity contribution in [2.45, 2.75) is 25.3 Å². The molecular formula is C23H18Br2N2OS. The van der Waals surface area contributed by atoms with Gasteiger partial charge in [-0.1, -0.05) is 67.9 Å². The van der Waals surface area contributed by atoms with E-state index in [4.69, 9.17) is 4.99 Å². The lowest BCUT2D eigenvalue weighted by molar-refractivity contribution is -0.125. The molecule has 0 spiro atoms. The highest BCUT2D eigenvalue weighted by atomic mass is 79.9. The molecule has 2 heterocycles. The lowest BCUT2D eigenvalue weighted by Crippen LogP contribution is -2.38. The molecule has 1 aliphatic carbocycles. The quantitative estimate of drug-likeness (QED) is 0.432. The van der Waals surface area contributed by atoms with Gasteiger partial charge in [0, 0.05) is 8.95 Å². The summed E-state index contributed by atoms with van der Waals surface area (Å²) in [5, 5.41) is 0.838. The summed E-state index contributed by atoms with van der Waals surface area (Å²) in [6.07, 6.45) is 5.31. The van der Waals surface area contributed by atoms with Crippen LogP contribution in [0.5, 0.6) is 0 Å². The number of carbonyl (C=O) groups excluding carboxylic acids is 1. The topological polar surface area (TPSA) is 32.7 Å². The molecule has 2 aliphatic heterocycles. The summed E-state index contributed by atoms with van der Waals surface area (Å²) in [4.78, 5) is 19.6. The predicted molar refractivity (Wildman–Crippen MR) is 127 cm³/mol. The summed E-state index contributed by atoms with van der Waals surface area (Å²) in [5.41, 5.74) is 5.94. The third-order valence-electron chi connectivity index (χ3n) is 5.49. The molecule has 146 valence electrons. The van der Waals surface area contributed by atoms with E-state index < -0.39 is 0 Å². The number of nitrogens with zero attached hydrogens (tertiary/aromatic N) is 2. The maximum absolute atomic E-state index is 12.7. The van der Waals surface area contributed by atoms with Gasteiger partial charge in [0.15, 0.2) is 5.17 Å². The molecule has 1 atom stereocenters. The van der Waals surface area contributed by atoms with E-state index in [0.29, 0.717) is 5.75 Å². The Balaban J connectivity index is 1.64. The molecular weight excluding hydrogens is 512 g/mol. The van der Waals surface area contributed by atoms with Gasteiger partial charge in [-0.15, -0.1) is 0 Å². The van der Waals surface area contributed by atoms with Crippen molar-refractivity contribution in [3.05, 3.63) is 85.4 Å². The van der Waals surface area contributed by atoms with Gasteiger partial charge in [-0.3, -0.25) is 9.69 Å². The van der Waals surface area contributed by atoms with Crippen LogP contribution in [-0.2, 0) is 4.79 Å². The molecule has 3 nitrogen and oxygen atoms in total. The zero-order valence-corrected chi connectivity index (χ0v) is 19.6. The fourth-order valence-corrected chi connectivity index (χ4v) is 5.60. The number of aliphatic imine (C=N–C) groups is 1. The van der Waals surface area contributed by atoms with Gasteiger partial charge < -0.3 is 0 Å². The number of benzene rings is 2. The van der Waals surface area contributed by atoms with Gasteiger partial charge in [0.05, 0.1) is 17.5 Å². The van der Waals surface area contributed by atoms with Crippen molar-refractivity contribution < 1.29 is 4.79 Å². The third-order valence-corrected chi connectivity index (χ3v) is 7.49. The molecule has 1 fully saturated rings. The molecule has 1 saturated heterocycles. The minimum Gasteiger partial charge on any atom is -0.279 e. The molecule has 0 unspecified atom stereocenters. The number of allylic oxidation sites excluding steroid dienone is 1. The Morgan fingerprint density at radius 3 is 2.41 bits per heavy atom. The molecule has 0 bridgehead atoms. The molecule has 0 saturated carbocycles. The van der Waals surface area contributed by atoms with Crippen LogP contribution in [0.3, 0.4) is 0 Å². The highest BCUT2D eigenvalue weighted by Gasteiger charge is 2.42. The Morgan fingerprint density at radius 2 is 1.69 bits per heavy atom. The molecule has 29 heavy (non-hydrogen) atoms. The number of hydrogen-bond donors (Lipinski definition) is 0. The molecule has 2 aromatic carbocycles. The van der Waals surface area contributed by atoms with E-state index in [1.165, 1.54) is 16.7 Å². The van der Waals surface area contributed by atoms with Crippen molar-refractivity contribution in [1.82, 2.24) is 4.90 Å². The number of fused-ring (bicyclic) bond motifs is 1. The van der Waals surface area contributed by atoms with Crippen LogP contribution in [0, 0.1) is 0 Å². The predicted octanol–water partition coefficient (Wildman–Crippen LogP) is 6.72. The standard InChI is InChI=1S/C23H18Br2N2OS/c24-17-8-4-14(5-9-17)12-16-2-1-3-19-21(16)26-23-27(20(28)13-29-23)22(19)15-6-10-18(25)11-7-15/h4-12,22H,1-3,13H2/b16-12-/t22-/m0/s1. The highest BCUT2D eigenvalue weighted by Crippen LogP contribution is 2.47.